The predicted octanol–water partition coefficient (Wildman–Crippen LogP) is 1.81. The minimum atomic E-state index is -0.487. The van der Waals surface area contributed by atoms with E-state index in [2.05, 4.69) is 0 Å². The van der Waals surface area contributed by atoms with Gasteiger partial charge in [0.1, 0.15) is 11.9 Å². The highest BCUT2D eigenvalue weighted by Gasteiger charge is 2.21. The van der Waals surface area contributed by atoms with Gasteiger partial charge in [-0.1, -0.05) is 6.07 Å². The van der Waals surface area contributed by atoms with E-state index >= 15 is 0 Å². The lowest BCUT2D eigenvalue weighted by molar-refractivity contribution is 0.0604. The second-order valence-electron chi connectivity index (χ2n) is 4.48. The third kappa shape index (κ3) is 2.20. The number of aryl methyl sites for hydroxylation is 1. The van der Waals surface area contributed by atoms with Crippen molar-refractivity contribution in [2.24, 2.45) is 0 Å². The molecule has 1 aromatic rings. The first-order chi connectivity index (χ1) is 7.58. The van der Waals surface area contributed by atoms with Gasteiger partial charge in [0.15, 0.2) is 0 Å². The Morgan fingerprint density at radius 2 is 2.12 bits per heavy atom. The molecule has 0 saturated heterocycles. The van der Waals surface area contributed by atoms with Crippen molar-refractivity contribution in [2.75, 3.05) is 0 Å². The number of fused-ring (bicyclic) bond motifs is 1. The largest absolute Gasteiger partial charge is 0.488 e. The van der Waals surface area contributed by atoms with Crippen LogP contribution in [0.1, 0.15) is 37.5 Å². The van der Waals surface area contributed by atoms with Crippen LogP contribution in [0.5, 0.6) is 5.75 Å². The van der Waals surface area contributed by atoms with E-state index in [1.807, 2.05) is 25.1 Å². The Morgan fingerprint density at radius 3 is 2.81 bits per heavy atom. The SMILES string of the molecule is CC(O)C(C)Oc1ccc2c(c1)CC[C@H]2O. The van der Waals surface area contributed by atoms with Crippen molar-refractivity contribution < 1.29 is 14.9 Å². The summed E-state index contributed by atoms with van der Waals surface area (Å²) in [6, 6.07) is 5.73. The molecule has 1 aromatic carbocycles. The average Bonchev–Trinajstić information content (AvgIpc) is 2.60. The molecule has 1 aliphatic rings. The molecule has 0 fully saturated rings. The fourth-order valence-corrected chi connectivity index (χ4v) is 1.96. The Hall–Kier alpha value is -1.06. The third-order valence-corrected chi connectivity index (χ3v) is 3.16. The van der Waals surface area contributed by atoms with E-state index in [1.54, 1.807) is 6.92 Å². The molecular weight excluding hydrogens is 204 g/mol. The van der Waals surface area contributed by atoms with E-state index < -0.39 is 6.10 Å². The molecule has 3 heteroatoms. The van der Waals surface area contributed by atoms with Crippen LogP contribution in [0.3, 0.4) is 0 Å². The molecule has 0 bridgehead atoms. The first-order valence-corrected chi connectivity index (χ1v) is 5.73. The highest BCUT2D eigenvalue weighted by Crippen LogP contribution is 2.33. The molecule has 1 aliphatic carbocycles. The predicted molar refractivity (Wildman–Crippen MR) is 61.5 cm³/mol. The average molecular weight is 222 g/mol. The van der Waals surface area contributed by atoms with Crippen molar-refractivity contribution in [1.82, 2.24) is 0 Å². The number of ether oxygens (including phenoxy) is 1. The molecule has 0 heterocycles. The van der Waals surface area contributed by atoms with E-state index in [0.29, 0.717) is 0 Å². The first kappa shape index (κ1) is 11.4. The molecule has 0 aliphatic heterocycles. The summed E-state index contributed by atoms with van der Waals surface area (Å²) in [7, 11) is 0. The van der Waals surface area contributed by atoms with Gasteiger partial charge < -0.3 is 14.9 Å². The molecule has 2 rings (SSSR count). The zero-order valence-electron chi connectivity index (χ0n) is 9.68. The first-order valence-electron chi connectivity index (χ1n) is 5.73. The van der Waals surface area contributed by atoms with Gasteiger partial charge in [-0.2, -0.15) is 0 Å². The normalized spacial score (nSPS) is 22.6. The standard InChI is InChI=1S/C13H18O3/c1-8(14)9(2)16-11-4-5-12-10(7-11)3-6-13(12)15/h4-5,7-9,13-15H,3,6H2,1-2H3/t8?,9?,13-/m1/s1. The van der Waals surface area contributed by atoms with E-state index in [0.717, 1.165) is 29.7 Å². The van der Waals surface area contributed by atoms with Crippen LogP contribution >= 0.6 is 0 Å². The number of hydrogen-bond donors (Lipinski definition) is 2. The van der Waals surface area contributed by atoms with Gasteiger partial charge >= 0.3 is 0 Å². The molecule has 3 atom stereocenters. The van der Waals surface area contributed by atoms with Gasteiger partial charge in [-0.25, -0.2) is 0 Å². The molecule has 0 spiro atoms. The van der Waals surface area contributed by atoms with E-state index in [-0.39, 0.29) is 12.2 Å². The fourth-order valence-electron chi connectivity index (χ4n) is 1.96. The maximum Gasteiger partial charge on any atom is 0.121 e. The summed E-state index contributed by atoms with van der Waals surface area (Å²) in [4.78, 5) is 0. The molecule has 0 amide bonds. The van der Waals surface area contributed by atoms with E-state index in [4.69, 9.17) is 4.74 Å². The van der Waals surface area contributed by atoms with Crippen molar-refractivity contribution >= 4 is 0 Å². The number of rotatable bonds is 3. The minimum Gasteiger partial charge on any atom is -0.488 e. The summed E-state index contributed by atoms with van der Waals surface area (Å²) < 4.78 is 5.60. The van der Waals surface area contributed by atoms with Gasteiger partial charge in [0, 0.05) is 0 Å². The van der Waals surface area contributed by atoms with Crippen LogP contribution in [0.2, 0.25) is 0 Å². The Labute approximate surface area is 95.7 Å². The maximum absolute atomic E-state index is 9.66. The Morgan fingerprint density at radius 1 is 1.38 bits per heavy atom. The van der Waals surface area contributed by atoms with Gasteiger partial charge in [-0.15, -0.1) is 0 Å². The van der Waals surface area contributed by atoms with Crippen LogP contribution in [0.4, 0.5) is 0 Å². The van der Waals surface area contributed by atoms with Gasteiger partial charge in [0.05, 0.1) is 12.2 Å². The van der Waals surface area contributed by atoms with Gasteiger partial charge in [-0.3, -0.25) is 0 Å². The van der Waals surface area contributed by atoms with Crippen molar-refractivity contribution in [3.05, 3.63) is 29.3 Å². The second kappa shape index (κ2) is 4.44. The number of aliphatic hydroxyl groups is 2. The van der Waals surface area contributed by atoms with Crippen LogP contribution < -0.4 is 4.74 Å². The van der Waals surface area contributed by atoms with Crippen LogP contribution in [0.25, 0.3) is 0 Å². The molecule has 88 valence electrons. The summed E-state index contributed by atoms with van der Waals surface area (Å²) in [6.07, 6.45) is 0.670. The van der Waals surface area contributed by atoms with Crippen LogP contribution in [-0.2, 0) is 6.42 Å². The molecule has 3 nitrogen and oxygen atoms in total. The highest BCUT2D eigenvalue weighted by atomic mass is 16.5. The second-order valence-corrected chi connectivity index (χ2v) is 4.48. The maximum atomic E-state index is 9.66. The summed E-state index contributed by atoms with van der Waals surface area (Å²) in [5, 5.41) is 19.0. The fraction of sp³-hybridized carbons (Fsp3) is 0.538. The minimum absolute atomic E-state index is 0.218. The lowest BCUT2D eigenvalue weighted by Crippen LogP contribution is -2.25. The van der Waals surface area contributed by atoms with E-state index in [9.17, 15) is 10.2 Å². The Kier molecular flexibility index (Phi) is 3.17. The summed E-state index contributed by atoms with van der Waals surface area (Å²) >= 11 is 0. The Balaban J connectivity index is 2.13. The van der Waals surface area contributed by atoms with Crippen LogP contribution in [0.15, 0.2) is 18.2 Å². The van der Waals surface area contributed by atoms with Crippen molar-refractivity contribution in [3.63, 3.8) is 0 Å². The molecule has 0 saturated carbocycles. The lowest BCUT2D eigenvalue weighted by atomic mass is 10.1. The number of aliphatic hydroxyl groups excluding tert-OH is 2. The van der Waals surface area contributed by atoms with Gasteiger partial charge in [0.25, 0.3) is 0 Å². The molecule has 16 heavy (non-hydrogen) atoms. The van der Waals surface area contributed by atoms with Gasteiger partial charge in [-0.05, 0) is 49.9 Å². The smallest absolute Gasteiger partial charge is 0.121 e. The molecular formula is C13H18O3. The topological polar surface area (TPSA) is 49.7 Å². The molecule has 2 N–H and O–H groups in total. The molecule has 2 unspecified atom stereocenters. The van der Waals surface area contributed by atoms with Crippen molar-refractivity contribution in [1.29, 1.82) is 0 Å². The summed E-state index contributed by atoms with van der Waals surface area (Å²) in [6.45, 7) is 3.55. The van der Waals surface area contributed by atoms with Crippen LogP contribution in [0, 0.1) is 0 Å². The van der Waals surface area contributed by atoms with Gasteiger partial charge in [0.2, 0.25) is 0 Å². The van der Waals surface area contributed by atoms with E-state index in [1.165, 1.54) is 0 Å². The molecule has 0 radical (unpaired) electrons. The zero-order valence-corrected chi connectivity index (χ0v) is 9.68. The molecule has 0 aromatic heterocycles. The van der Waals surface area contributed by atoms with Crippen LogP contribution in [-0.4, -0.2) is 22.4 Å². The van der Waals surface area contributed by atoms with Crippen molar-refractivity contribution in [2.45, 2.75) is 45.0 Å². The monoisotopic (exact) mass is 222 g/mol. The Bertz CT molecular complexity index is 373. The number of benzene rings is 1. The zero-order chi connectivity index (χ0) is 11.7. The number of hydrogen-bond acceptors (Lipinski definition) is 3. The third-order valence-electron chi connectivity index (χ3n) is 3.16. The summed E-state index contributed by atoms with van der Waals surface area (Å²) in [5.41, 5.74) is 2.17. The lowest BCUT2D eigenvalue weighted by Gasteiger charge is -2.17. The van der Waals surface area contributed by atoms with Crippen molar-refractivity contribution in [3.8, 4) is 5.75 Å². The summed E-state index contributed by atoms with van der Waals surface area (Å²) in [5.74, 6) is 0.765. The quantitative estimate of drug-likeness (QED) is 0.820. The highest BCUT2D eigenvalue weighted by molar-refractivity contribution is 5.39.